The van der Waals surface area contributed by atoms with E-state index in [2.05, 4.69) is 104 Å². The van der Waals surface area contributed by atoms with Crippen LogP contribution in [0.15, 0.2) is 97.2 Å². The number of aliphatic hydroxyl groups excluding tert-OH is 5. The van der Waals surface area contributed by atoms with Crippen LogP contribution >= 0.6 is 0 Å². The molecule has 1 saturated heterocycles. The molecule has 0 aromatic heterocycles. The lowest BCUT2D eigenvalue weighted by molar-refractivity contribution is -0.302. The van der Waals surface area contributed by atoms with Crippen LogP contribution < -0.4 is 5.32 Å². The van der Waals surface area contributed by atoms with Gasteiger partial charge in [-0.1, -0.05) is 195 Å². The fourth-order valence-electron chi connectivity index (χ4n) is 7.40. The Labute approximate surface area is 390 Å². The zero-order valence-corrected chi connectivity index (χ0v) is 40.2. The zero-order chi connectivity index (χ0) is 46.6. The zero-order valence-electron chi connectivity index (χ0n) is 40.2. The van der Waals surface area contributed by atoms with Gasteiger partial charge in [-0.05, 0) is 83.5 Å². The van der Waals surface area contributed by atoms with Crippen molar-refractivity contribution < 1.29 is 39.8 Å². The molecule has 1 fully saturated rings. The number of unbranched alkanes of at least 4 members (excludes halogenated alkanes) is 17. The number of hydrogen-bond donors (Lipinski definition) is 6. The maximum absolute atomic E-state index is 13.0. The first-order chi connectivity index (χ1) is 31.3. The maximum Gasteiger partial charge on any atom is 0.220 e. The largest absolute Gasteiger partial charge is 0.394 e. The van der Waals surface area contributed by atoms with Crippen molar-refractivity contribution in [2.24, 2.45) is 0 Å². The molecular weight excluding hydrogens is 803 g/mol. The van der Waals surface area contributed by atoms with E-state index in [1.807, 2.05) is 6.08 Å². The Balaban J connectivity index is 2.16. The van der Waals surface area contributed by atoms with Crippen LogP contribution in [0.2, 0.25) is 0 Å². The number of allylic oxidation sites excluding steroid dienone is 15. The van der Waals surface area contributed by atoms with Gasteiger partial charge in [0.1, 0.15) is 24.4 Å². The molecule has 1 amide bonds. The lowest BCUT2D eigenvalue weighted by Gasteiger charge is -2.40. The van der Waals surface area contributed by atoms with Gasteiger partial charge >= 0.3 is 0 Å². The number of hydrogen-bond acceptors (Lipinski definition) is 8. The van der Waals surface area contributed by atoms with Crippen LogP contribution in [-0.2, 0) is 14.3 Å². The third-order valence-corrected chi connectivity index (χ3v) is 11.4. The molecule has 0 bridgehead atoms. The quantitative estimate of drug-likeness (QED) is 0.0262. The summed E-state index contributed by atoms with van der Waals surface area (Å²) >= 11 is 0. The summed E-state index contributed by atoms with van der Waals surface area (Å²) in [6, 6.07) is -0.831. The topological polar surface area (TPSA) is 149 Å². The number of ether oxygens (including phenoxy) is 2. The Kier molecular flexibility index (Phi) is 40.6. The van der Waals surface area contributed by atoms with Crippen LogP contribution in [0.1, 0.15) is 187 Å². The van der Waals surface area contributed by atoms with Crippen molar-refractivity contribution in [2.75, 3.05) is 13.2 Å². The Morgan fingerprint density at radius 2 is 0.938 bits per heavy atom. The van der Waals surface area contributed by atoms with Gasteiger partial charge in [-0.3, -0.25) is 4.79 Å². The minimum Gasteiger partial charge on any atom is -0.394 e. The molecule has 7 atom stereocenters. The van der Waals surface area contributed by atoms with Gasteiger partial charge in [-0.2, -0.15) is 0 Å². The second-order valence-corrected chi connectivity index (χ2v) is 17.2. The van der Waals surface area contributed by atoms with Gasteiger partial charge in [0.15, 0.2) is 6.29 Å². The predicted molar refractivity (Wildman–Crippen MR) is 267 cm³/mol. The van der Waals surface area contributed by atoms with Crippen LogP contribution in [-0.4, -0.2) is 87.5 Å². The van der Waals surface area contributed by atoms with E-state index >= 15 is 0 Å². The molecule has 9 nitrogen and oxygen atoms in total. The summed E-state index contributed by atoms with van der Waals surface area (Å²) in [5, 5.41) is 54.1. The van der Waals surface area contributed by atoms with E-state index in [0.717, 1.165) is 83.5 Å². The molecule has 0 aromatic carbocycles. The summed E-state index contributed by atoms with van der Waals surface area (Å²) in [5.74, 6) is -0.198. The number of carbonyl (C=O) groups excluding carboxylic acids is 1. The Hall–Kier alpha value is -2.89. The van der Waals surface area contributed by atoms with Crippen molar-refractivity contribution in [3.8, 4) is 0 Å². The fourth-order valence-corrected chi connectivity index (χ4v) is 7.40. The highest BCUT2D eigenvalue weighted by Crippen LogP contribution is 2.22. The monoisotopic (exact) mass is 896 g/mol. The summed E-state index contributed by atoms with van der Waals surface area (Å²) in [7, 11) is 0. The summed E-state index contributed by atoms with van der Waals surface area (Å²) in [6.45, 7) is 3.50. The first-order valence-electron chi connectivity index (χ1n) is 25.5. The van der Waals surface area contributed by atoms with Gasteiger partial charge in [0.2, 0.25) is 5.91 Å². The SMILES string of the molecule is CC/C=C\C/C=C\C/C=C\C/C=C\C/C=C\CCCCCCCCCCCCCCCCCC(=O)NC(COC1OC(CO)C(O)C(O)C1O)C(O)/C=C/CC/C=C/CC/C=C/CC. The summed E-state index contributed by atoms with van der Waals surface area (Å²) < 4.78 is 11.2. The van der Waals surface area contributed by atoms with E-state index in [1.54, 1.807) is 6.08 Å². The van der Waals surface area contributed by atoms with Crippen molar-refractivity contribution in [3.05, 3.63) is 97.2 Å². The van der Waals surface area contributed by atoms with E-state index in [9.17, 15) is 30.3 Å². The highest BCUT2D eigenvalue weighted by Gasteiger charge is 2.44. The molecule has 6 N–H and O–H groups in total. The summed E-state index contributed by atoms with van der Waals surface area (Å²) in [5.41, 5.74) is 0. The smallest absolute Gasteiger partial charge is 0.220 e. The molecular formula is C55H93NO8. The Morgan fingerprint density at radius 1 is 0.531 bits per heavy atom. The van der Waals surface area contributed by atoms with E-state index in [4.69, 9.17) is 9.47 Å². The summed E-state index contributed by atoms with van der Waals surface area (Å²) in [4.78, 5) is 13.0. The van der Waals surface area contributed by atoms with Gasteiger partial charge < -0.3 is 40.3 Å². The molecule has 0 saturated carbocycles. The molecule has 1 heterocycles. The van der Waals surface area contributed by atoms with Crippen LogP contribution in [0.25, 0.3) is 0 Å². The van der Waals surface area contributed by atoms with Crippen LogP contribution in [0, 0.1) is 0 Å². The molecule has 0 aliphatic carbocycles. The highest BCUT2D eigenvalue weighted by molar-refractivity contribution is 5.76. The van der Waals surface area contributed by atoms with Gasteiger partial charge in [0, 0.05) is 6.42 Å². The molecule has 1 aliphatic heterocycles. The Bertz CT molecular complexity index is 1320. The standard InChI is InChI=1S/C55H93NO8/c1-3-5-7-9-11-13-15-16-17-18-19-20-21-22-23-24-25-26-27-28-29-30-31-32-33-34-35-37-39-41-43-45-51(59)56-48(47-63-55-54(62)53(61)52(60)50(46-57)64-55)49(58)44-42-40-38-36-14-12-10-8-6-4-2/h5-8,11,13-14,16-17,19-20,22-23,36,42,44,48-50,52-55,57-58,60-62H,3-4,9-10,12,15,18,21,24-35,37-41,43,45-47H2,1-2H3,(H,56,59)/b7-5-,8-6+,13-11-,17-16-,20-19-,23-22-,36-14+,44-42+. The Morgan fingerprint density at radius 3 is 1.44 bits per heavy atom. The van der Waals surface area contributed by atoms with Crippen molar-refractivity contribution in [1.82, 2.24) is 5.32 Å². The number of amides is 1. The molecule has 0 radical (unpaired) electrons. The van der Waals surface area contributed by atoms with Gasteiger partial charge in [0.05, 0.1) is 25.4 Å². The highest BCUT2D eigenvalue weighted by atomic mass is 16.7. The molecule has 0 spiro atoms. The number of carbonyl (C=O) groups is 1. The predicted octanol–water partition coefficient (Wildman–Crippen LogP) is 11.7. The maximum atomic E-state index is 13.0. The molecule has 0 aromatic rings. The second-order valence-electron chi connectivity index (χ2n) is 17.2. The molecule has 7 unspecified atom stereocenters. The summed E-state index contributed by atoms with van der Waals surface area (Å²) in [6.07, 6.45) is 56.3. The average Bonchev–Trinajstić information content (AvgIpc) is 3.29. The lowest BCUT2D eigenvalue weighted by Crippen LogP contribution is -2.60. The van der Waals surface area contributed by atoms with E-state index in [-0.39, 0.29) is 12.5 Å². The molecule has 1 rings (SSSR count). The minimum absolute atomic E-state index is 0.198. The van der Waals surface area contributed by atoms with Crippen molar-refractivity contribution in [2.45, 2.75) is 230 Å². The molecule has 9 heteroatoms. The number of nitrogens with one attached hydrogen (secondary N) is 1. The first-order valence-corrected chi connectivity index (χ1v) is 25.5. The third kappa shape index (κ3) is 33.6. The van der Waals surface area contributed by atoms with Gasteiger partial charge in [-0.15, -0.1) is 0 Å². The normalized spacial score (nSPS) is 20.9. The van der Waals surface area contributed by atoms with Crippen molar-refractivity contribution >= 4 is 5.91 Å². The van der Waals surface area contributed by atoms with Gasteiger partial charge in [-0.25, -0.2) is 0 Å². The minimum atomic E-state index is -1.58. The fraction of sp³-hybridized carbons (Fsp3) is 0.691. The van der Waals surface area contributed by atoms with Crippen LogP contribution in [0.4, 0.5) is 0 Å². The molecule has 1 aliphatic rings. The van der Waals surface area contributed by atoms with E-state index < -0.39 is 49.5 Å². The lowest BCUT2D eigenvalue weighted by atomic mass is 9.99. The van der Waals surface area contributed by atoms with Gasteiger partial charge in [0.25, 0.3) is 0 Å². The van der Waals surface area contributed by atoms with E-state index in [0.29, 0.717) is 6.42 Å². The third-order valence-electron chi connectivity index (χ3n) is 11.4. The van der Waals surface area contributed by atoms with Crippen LogP contribution in [0.5, 0.6) is 0 Å². The van der Waals surface area contributed by atoms with Crippen LogP contribution in [0.3, 0.4) is 0 Å². The second kappa shape index (κ2) is 44.0. The van der Waals surface area contributed by atoms with Crippen molar-refractivity contribution in [1.29, 1.82) is 0 Å². The van der Waals surface area contributed by atoms with E-state index in [1.165, 1.54) is 83.5 Å². The first kappa shape index (κ1) is 59.1. The molecule has 64 heavy (non-hydrogen) atoms. The number of aliphatic hydroxyl groups is 5. The number of rotatable bonds is 41. The average molecular weight is 896 g/mol. The molecule has 366 valence electrons. The van der Waals surface area contributed by atoms with Crippen molar-refractivity contribution in [3.63, 3.8) is 0 Å².